The Morgan fingerprint density at radius 3 is 2.86 bits per heavy atom. The number of carbonyl (C=O) groups excluding carboxylic acids is 1. The lowest BCUT2D eigenvalue weighted by Gasteiger charge is -2.18. The molecule has 0 radical (unpaired) electrons. The van der Waals surface area contributed by atoms with Gasteiger partial charge in [-0.05, 0) is 47.4 Å². The Balaban J connectivity index is 1.70. The van der Waals surface area contributed by atoms with E-state index in [0.717, 1.165) is 0 Å². The summed E-state index contributed by atoms with van der Waals surface area (Å²) in [7, 11) is 0. The van der Waals surface area contributed by atoms with Gasteiger partial charge in [0.1, 0.15) is 11.9 Å². The molecule has 0 aliphatic rings. The third-order valence-electron chi connectivity index (χ3n) is 3.51. The average Bonchev–Trinajstić information content (AvgIpc) is 3.16. The van der Waals surface area contributed by atoms with Gasteiger partial charge in [0.2, 0.25) is 0 Å². The van der Waals surface area contributed by atoms with Gasteiger partial charge in [-0.3, -0.25) is 0 Å². The second kappa shape index (κ2) is 8.00. The van der Waals surface area contributed by atoms with Crippen LogP contribution in [-0.4, -0.2) is 23.7 Å². The van der Waals surface area contributed by atoms with Crippen LogP contribution in [0.15, 0.2) is 39.6 Å². The highest BCUT2D eigenvalue weighted by Gasteiger charge is 2.16. The first-order valence-electron chi connectivity index (χ1n) is 7.34. The summed E-state index contributed by atoms with van der Waals surface area (Å²) in [5.74, 6) is 0.793. The van der Waals surface area contributed by atoms with Crippen molar-refractivity contribution in [1.82, 2.24) is 10.6 Å². The third kappa shape index (κ3) is 4.89. The molecule has 0 aliphatic carbocycles. The van der Waals surface area contributed by atoms with Crippen LogP contribution in [0.25, 0.3) is 0 Å². The molecule has 2 aromatic heterocycles. The average molecular weight is 322 g/mol. The third-order valence-corrected chi connectivity index (χ3v) is 4.21. The van der Waals surface area contributed by atoms with E-state index in [-0.39, 0.29) is 18.0 Å². The van der Waals surface area contributed by atoms with Crippen molar-refractivity contribution in [2.75, 3.05) is 6.54 Å². The van der Waals surface area contributed by atoms with E-state index in [2.05, 4.69) is 29.0 Å². The van der Waals surface area contributed by atoms with E-state index >= 15 is 0 Å². The highest BCUT2D eigenvalue weighted by molar-refractivity contribution is 7.07. The van der Waals surface area contributed by atoms with E-state index in [1.165, 1.54) is 11.8 Å². The molecule has 2 amide bonds. The van der Waals surface area contributed by atoms with Gasteiger partial charge in [-0.1, -0.05) is 6.92 Å². The van der Waals surface area contributed by atoms with Crippen molar-refractivity contribution < 1.29 is 14.3 Å². The van der Waals surface area contributed by atoms with Gasteiger partial charge >= 0.3 is 6.03 Å². The second-order valence-electron chi connectivity index (χ2n) is 5.48. The monoisotopic (exact) mass is 322 g/mol. The fourth-order valence-corrected chi connectivity index (χ4v) is 2.97. The van der Waals surface area contributed by atoms with Gasteiger partial charge in [-0.15, -0.1) is 0 Å². The first kappa shape index (κ1) is 16.6. The molecule has 0 bridgehead atoms. The Morgan fingerprint density at radius 2 is 2.23 bits per heavy atom. The number of amides is 2. The molecule has 0 saturated heterocycles. The van der Waals surface area contributed by atoms with Crippen LogP contribution in [0, 0.1) is 0 Å². The quantitative estimate of drug-likeness (QED) is 0.732. The molecule has 0 fully saturated rings. The molecule has 2 rings (SSSR count). The minimum Gasteiger partial charge on any atom is -0.467 e. The predicted octanol–water partition coefficient (Wildman–Crippen LogP) is 3.26. The molecule has 120 valence electrons. The standard InChI is InChI=1S/C16H22N2O3S/c1-11(13-5-7-22-10-13)9-17-16(20)18-12(2)8-14(19)15-4-3-6-21-15/h3-7,10-12,14,19H,8-9H2,1-2H3,(H2,17,18,20). The van der Waals surface area contributed by atoms with Crippen molar-refractivity contribution in [3.05, 3.63) is 46.5 Å². The van der Waals surface area contributed by atoms with Gasteiger partial charge < -0.3 is 20.2 Å². The zero-order valence-electron chi connectivity index (χ0n) is 12.8. The maximum absolute atomic E-state index is 11.9. The molecular weight excluding hydrogens is 300 g/mol. The Labute approximate surface area is 134 Å². The molecule has 3 atom stereocenters. The first-order chi connectivity index (χ1) is 10.6. The molecule has 2 aromatic rings. The van der Waals surface area contributed by atoms with Crippen molar-refractivity contribution >= 4 is 17.4 Å². The summed E-state index contributed by atoms with van der Waals surface area (Å²) in [6.45, 7) is 4.51. The molecule has 0 aromatic carbocycles. The van der Waals surface area contributed by atoms with Gasteiger partial charge in [-0.2, -0.15) is 11.3 Å². The highest BCUT2D eigenvalue weighted by atomic mass is 32.1. The van der Waals surface area contributed by atoms with Crippen LogP contribution >= 0.6 is 11.3 Å². The Kier molecular flexibility index (Phi) is 6.03. The smallest absolute Gasteiger partial charge is 0.315 e. The first-order valence-corrected chi connectivity index (χ1v) is 8.28. The van der Waals surface area contributed by atoms with E-state index in [4.69, 9.17) is 4.42 Å². The van der Waals surface area contributed by atoms with Gasteiger partial charge in [0.15, 0.2) is 0 Å². The number of aliphatic hydroxyl groups excluding tert-OH is 1. The topological polar surface area (TPSA) is 74.5 Å². The van der Waals surface area contributed by atoms with Crippen LogP contribution in [0.2, 0.25) is 0 Å². The lowest BCUT2D eigenvalue weighted by Crippen LogP contribution is -2.42. The number of urea groups is 1. The molecule has 6 heteroatoms. The van der Waals surface area contributed by atoms with Gasteiger partial charge in [-0.25, -0.2) is 4.79 Å². The van der Waals surface area contributed by atoms with Crippen LogP contribution in [0.1, 0.15) is 43.6 Å². The molecule has 2 heterocycles. The van der Waals surface area contributed by atoms with Gasteiger partial charge in [0.25, 0.3) is 0 Å². The van der Waals surface area contributed by atoms with Gasteiger partial charge in [0.05, 0.1) is 6.26 Å². The lowest BCUT2D eigenvalue weighted by molar-refractivity contribution is 0.129. The van der Waals surface area contributed by atoms with Gasteiger partial charge in [0, 0.05) is 19.0 Å². The van der Waals surface area contributed by atoms with Crippen molar-refractivity contribution in [2.45, 2.75) is 38.3 Å². The number of carbonyl (C=O) groups is 1. The molecule has 3 N–H and O–H groups in total. The van der Waals surface area contributed by atoms with Crippen LogP contribution in [0.5, 0.6) is 0 Å². The maximum atomic E-state index is 11.9. The Hall–Kier alpha value is -1.79. The van der Waals surface area contributed by atoms with E-state index in [1.807, 2.05) is 12.3 Å². The summed E-state index contributed by atoms with van der Waals surface area (Å²) in [5, 5.41) is 19.8. The summed E-state index contributed by atoms with van der Waals surface area (Å²) in [6.07, 6.45) is 1.21. The van der Waals surface area contributed by atoms with Crippen molar-refractivity contribution in [2.24, 2.45) is 0 Å². The molecule has 5 nitrogen and oxygen atoms in total. The zero-order chi connectivity index (χ0) is 15.9. The number of aliphatic hydroxyl groups is 1. The fraction of sp³-hybridized carbons (Fsp3) is 0.438. The van der Waals surface area contributed by atoms with Crippen LogP contribution in [-0.2, 0) is 0 Å². The summed E-state index contributed by atoms with van der Waals surface area (Å²) >= 11 is 1.65. The molecule has 0 aliphatic heterocycles. The van der Waals surface area contributed by atoms with E-state index in [0.29, 0.717) is 18.7 Å². The van der Waals surface area contributed by atoms with Crippen LogP contribution < -0.4 is 10.6 Å². The van der Waals surface area contributed by atoms with Crippen LogP contribution in [0.3, 0.4) is 0 Å². The van der Waals surface area contributed by atoms with Crippen molar-refractivity contribution in [3.8, 4) is 0 Å². The Bertz CT molecular complexity index is 554. The highest BCUT2D eigenvalue weighted by Crippen LogP contribution is 2.19. The number of thiophene rings is 1. The maximum Gasteiger partial charge on any atom is 0.315 e. The number of hydrogen-bond donors (Lipinski definition) is 3. The molecule has 22 heavy (non-hydrogen) atoms. The lowest BCUT2D eigenvalue weighted by atomic mass is 10.1. The molecule has 3 unspecified atom stereocenters. The van der Waals surface area contributed by atoms with Crippen LogP contribution in [0.4, 0.5) is 4.79 Å². The SMILES string of the molecule is CC(CC(O)c1ccco1)NC(=O)NCC(C)c1ccsc1. The summed E-state index contributed by atoms with van der Waals surface area (Å²) in [5.41, 5.74) is 1.23. The predicted molar refractivity (Wildman–Crippen MR) is 87.0 cm³/mol. The van der Waals surface area contributed by atoms with Crippen molar-refractivity contribution in [1.29, 1.82) is 0 Å². The summed E-state index contributed by atoms with van der Waals surface area (Å²) < 4.78 is 5.14. The Morgan fingerprint density at radius 1 is 1.41 bits per heavy atom. The molecule has 0 saturated carbocycles. The minimum absolute atomic E-state index is 0.156. The summed E-state index contributed by atoms with van der Waals surface area (Å²) in [6, 6.07) is 5.14. The van der Waals surface area contributed by atoms with E-state index in [9.17, 15) is 9.90 Å². The van der Waals surface area contributed by atoms with E-state index < -0.39 is 6.10 Å². The number of nitrogens with one attached hydrogen (secondary N) is 2. The molecular formula is C16H22N2O3S. The second-order valence-corrected chi connectivity index (χ2v) is 6.26. The number of hydrogen-bond acceptors (Lipinski definition) is 4. The minimum atomic E-state index is -0.713. The number of rotatable bonds is 7. The number of furan rings is 1. The van der Waals surface area contributed by atoms with E-state index in [1.54, 1.807) is 23.5 Å². The fourth-order valence-electron chi connectivity index (χ4n) is 2.18. The van der Waals surface area contributed by atoms with Crippen molar-refractivity contribution in [3.63, 3.8) is 0 Å². The normalized spacial score (nSPS) is 15.0. The molecule has 0 spiro atoms. The largest absolute Gasteiger partial charge is 0.467 e. The zero-order valence-corrected chi connectivity index (χ0v) is 13.6. The summed E-state index contributed by atoms with van der Waals surface area (Å²) in [4.78, 5) is 11.9.